The zero-order valence-electron chi connectivity index (χ0n) is 13.9. The summed E-state index contributed by atoms with van der Waals surface area (Å²) in [5, 5.41) is 9.44. The van der Waals surface area contributed by atoms with Gasteiger partial charge < -0.3 is 14.7 Å². The maximum atomic E-state index is 12.8. The Morgan fingerprint density at radius 1 is 1.12 bits per heavy atom. The van der Waals surface area contributed by atoms with Crippen molar-refractivity contribution in [2.75, 3.05) is 20.2 Å². The minimum absolute atomic E-state index is 0.0193. The smallest absolute Gasteiger partial charge is 0.308 e. The molecule has 2 aliphatic carbocycles. The van der Waals surface area contributed by atoms with Gasteiger partial charge in [-0.1, -0.05) is 12.1 Å². The van der Waals surface area contributed by atoms with Gasteiger partial charge in [-0.2, -0.15) is 0 Å². The monoisotopic (exact) mass is 329 g/mol. The van der Waals surface area contributed by atoms with Gasteiger partial charge in [0, 0.05) is 19.0 Å². The molecule has 0 aromatic heterocycles. The van der Waals surface area contributed by atoms with Crippen molar-refractivity contribution in [1.82, 2.24) is 4.90 Å². The molecule has 3 fully saturated rings. The van der Waals surface area contributed by atoms with E-state index in [4.69, 9.17) is 4.74 Å². The highest BCUT2D eigenvalue weighted by atomic mass is 16.5. The van der Waals surface area contributed by atoms with E-state index in [2.05, 4.69) is 0 Å². The molecule has 1 amide bonds. The Kier molecular flexibility index (Phi) is 3.74. The van der Waals surface area contributed by atoms with E-state index in [9.17, 15) is 14.7 Å². The molecule has 24 heavy (non-hydrogen) atoms. The molecule has 128 valence electrons. The Morgan fingerprint density at radius 3 is 2.42 bits per heavy atom. The molecule has 0 radical (unpaired) electrons. The lowest BCUT2D eigenvalue weighted by Gasteiger charge is -2.16. The van der Waals surface area contributed by atoms with Crippen molar-refractivity contribution in [2.24, 2.45) is 23.7 Å². The molecule has 0 unspecified atom stereocenters. The SMILES string of the molecule is COc1ccc([C@@H]2C[C@H]2C(=O)N2C[C@@H](C(=O)O)[C@H](C3CC3)C2)cc1. The fraction of sp³-hybridized carbons (Fsp3) is 0.579. The third kappa shape index (κ3) is 2.76. The molecule has 1 heterocycles. The van der Waals surface area contributed by atoms with Crippen molar-refractivity contribution in [3.8, 4) is 5.75 Å². The first-order chi connectivity index (χ1) is 11.6. The summed E-state index contributed by atoms with van der Waals surface area (Å²) in [6.07, 6.45) is 3.11. The predicted molar refractivity (Wildman–Crippen MR) is 87.8 cm³/mol. The molecule has 2 saturated carbocycles. The minimum Gasteiger partial charge on any atom is -0.497 e. The van der Waals surface area contributed by atoms with Gasteiger partial charge in [-0.05, 0) is 54.7 Å². The number of nitrogens with zero attached hydrogens (tertiary/aromatic N) is 1. The molecule has 4 rings (SSSR count). The fourth-order valence-electron chi connectivity index (χ4n) is 4.19. The Hall–Kier alpha value is -2.04. The first-order valence-electron chi connectivity index (χ1n) is 8.74. The molecule has 1 aromatic carbocycles. The van der Waals surface area contributed by atoms with Crippen LogP contribution < -0.4 is 4.74 Å². The zero-order valence-corrected chi connectivity index (χ0v) is 13.9. The Balaban J connectivity index is 1.40. The molecular formula is C19H23NO4. The van der Waals surface area contributed by atoms with Gasteiger partial charge in [0.2, 0.25) is 5.91 Å². The molecule has 1 saturated heterocycles. The van der Waals surface area contributed by atoms with Crippen LogP contribution >= 0.6 is 0 Å². The molecular weight excluding hydrogens is 306 g/mol. The number of carboxylic acid groups (broad SMARTS) is 1. The summed E-state index contributed by atoms with van der Waals surface area (Å²) in [6.45, 7) is 1.02. The van der Waals surface area contributed by atoms with Crippen LogP contribution in [-0.2, 0) is 9.59 Å². The number of amides is 1. The van der Waals surface area contributed by atoms with Crippen LogP contribution in [0.5, 0.6) is 5.75 Å². The van der Waals surface area contributed by atoms with Crippen molar-refractivity contribution in [1.29, 1.82) is 0 Å². The highest BCUT2D eigenvalue weighted by molar-refractivity contribution is 5.84. The second-order valence-electron chi connectivity index (χ2n) is 7.41. The van der Waals surface area contributed by atoms with Crippen LogP contribution in [-0.4, -0.2) is 42.1 Å². The Labute approximate surface area is 141 Å². The number of likely N-dealkylation sites (tertiary alicyclic amines) is 1. The number of hydrogen-bond donors (Lipinski definition) is 1. The molecule has 3 aliphatic rings. The highest BCUT2D eigenvalue weighted by Gasteiger charge is 2.51. The summed E-state index contributed by atoms with van der Waals surface area (Å²) in [4.78, 5) is 26.1. The molecule has 1 aromatic rings. The summed E-state index contributed by atoms with van der Waals surface area (Å²) in [6, 6.07) is 7.89. The normalized spacial score (nSPS) is 31.8. The van der Waals surface area contributed by atoms with Crippen molar-refractivity contribution >= 4 is 11.9 Å². The second-order valence-corrected chi connectivity index (χ2v) is 7.41. The summed E-state index contributed by atoms with van der Waals surface area (Å²) in [7, 11) is 1.64. The van der Waals surface area contributed by atoms with Crippen molar-refractivity contribution in [3.63, 3.8) is 0 Å². The van der Waals surface area contributed by atoms with Gasteiger partial charge >= 0.3 is 5.97 Å². The number of benzene rings is 1. The first-order valence-corrected chi connectivity index (χ1v) is 8.74. The van der Waals surface area contributed by atoms with Crippen molar-refractivity contribution in [2.45, 2.75) is 25.2 Å². The lowest BCUT2D eigenvalue weighted by Crippen LogP contribution is -2.31. The highest BCUT2D eigenvalue weighted by Crippen LogP contribution is 2.50. The standard InChI is InChI=1S/C19H23NO4/c1-24-13-6-4-11(5-7-13)14-8-15(14)18(21)20-9-16(12-2-3-12)17(10-20)19(22)23/h4-7,12,14-17H,2-3,8-10H2,1H3,(H,22,23)/t14-,15+,16-,17+/m0/s1. The minimum atomic E-state index is -0.746. The molecule has 5 nitrogen and oxygen atoms in total. The lowest BCUT2D eigenvalue weighted by molar-refractivity contribution is -0.142. The average molecular weight is 329 g/mol. The molecule has 0 spiro atoms. The first kappa shape index (κ1) is 15.5. The maximum Gasteiger partial charge on any atom is 0.308 e. The number of carboxylic acids is 1. The van der Waals surface area contributed by atoms with Gasteiger partial charge in [0.25, 0.3) is 0 Å². The number of carbonyl (C=O) groups is 2. The topological polar surface area (TPSA) is 66.8 Å². The summed E-state index contributed by atoms with van der Waals surface area (Å²) >= 11 is 0. The average Bonchev–Trinajstić information content (AvgIpc) is 3.51. The van der Waals surface area contributed by atoms with Crippen LogP contribution in [0, 0.1) is 23.7 Å². The zero-order chi connectivity index (χ0) is 16.8. The van der Waals surface area contributed by atoms with E-state index in [-0.39, 0.29) is 29.6 Å². The van der Waals surface area contributed by atoms with Gasteiger partial charge in [0.15, 0.2) is 0 Å². The van der Waals surface area contributed by atoms with Crippen LogP contribution in [0.3, 0.4) is 0 Å². The number of methoxy groups -OCH3 is 1. The Morgan fingerprint density at radius 2 is 1.83 bits per heavy atom. The van der Waals surface area contributed by atoms with Gasteiger partial charge in [-0.15, -0.1) is 0 Å². The van der Waals surface area contributed by atoms with E-state index in [1.807, 2.05) is 29.2 Å². The van der Waals surface area contributed by atoms with Gasteiger partial charge in [0.1, 0.15) is 5.75 Å². The van der Waals surface area contributed by atoms with E-state index >= 15 is 0 Å². The summed E-state index contributed by atoms with van der Waals surface area (Å²) < 4.78 is 5.17. The van der Waals surface area contributed by atoms with E-state index in [0.717, 1.165) is 25.0 Å². The molecule has 1 N–H and O–H groups in total. The third-order valence-electron chi connectivity index (χ3n) is 5.87. The van der Waals surface area contributed by atoms with Gasteiger partial charge in [0.05, 0.1) is 13.0 Å². The molecule has 0 bridgehead atoms. The number of rotatable bonds is 5. The van der Waals surface area contributed by atoms with Crippen LogP contribution in [0.2, 0.25) is 0 Å². The summed E-state index contributed by atoms with van der Waals surface area (Å²) in [5.41, 5.74) is 1.17. The van der Waals surface area contributed by atoms with Crippen LogP contribution in [0.25, 0.3) is 0 Å². The second kappa shape index (κ2) is 5.80. The molecule has 4 atom stereocenters. The number of ether oxygens (including phenoxy) is 1. The molecule has 5 heteroatoms. The third-order valence-corrected chi connectivity index (χ3v) is 5.87. The Bertz CT molecular complexity index is 652. The number of carbonyl (C=O) groups excluding carboxylic acids is 1. The maximum absolute atomic E-state index is 12.8. The van der Waals surface area contributed by atoms with E-state index in [0.29, 0.717) is 19.0 Å². The van der Waals surface area contributed by atoms with E-state index in [1.54, 1.807) is 7.11 Å². The number of hydrogen-bond acceptors (Lipinski definition) is 3. The quantitative estimate of drug-likeness (QED) is 0.900. The largest absolute Gasteiger partial charge is 0.497 e. The van der Waals surface area contributed by atoms with Crippen molar-refractivity contribution in [3.05, 3.63) is 29.8 Å². The van der Waals surface area contributed by atoms with Crippen LogP contribution in [0.1, 0.15) is 30.7 Å². The van der Waals surface area contributed by atoms with E-state index < -0.39 is 5.97 Å². The number of aliphatic carboxylic acids is 1. The fourth-order valence-corrected chi connectivity index (χ4v) is 4.19. The van der Waals surface area contributed by atoms with Crippen LogP contribution in [0.15, 0.2) is 24.3 Å². The predicted octanol–water partition coefficient (Wildman–Crippen LogP) is 2.37. The lowest BCUT2D eigenvalue weighted by atomic mass is 9.92. The summed E-state index contributed by atoms with van der Waals surface area (Å²) in [5.74, 6) is 0.801. The van der Waals surface area contributed by atoms with Gasteiger partial charge in [-0.3, -0.25) is 9.59 Å². The van der Waals surface area contributed by atoms with Gasteiger partial charge in [-0.25, -0.2) is 0 Å². The van der Waals surface area contributed by atoms with E-state index in [1.165, 1.54) is 5.56 Å². The molecule has 1 aliphatic heterocycles. The van der Waals surface area contributed by atoms with Crippen LogP contribution in [0.4, 0.5) is 0 Å². The van der Waals surface area contributed by atoms with Crippen molar-refractivity contribution < 1.29 is 19.4 Å².